The van der Waals surface area contributed by atoms with Crippen molar-refractivity contribution in [2.45, 2.75) is 31.7 Å². The second-order valence-electron chi connectivity index (χ2n) is 3.81. The van der Waals surface area contributed by atoms with Crippen molar-refractivity contribution < 1.29 is 4.39 Å². The van der Waals surface area contributed by atoms with Gasteiger partial charge in [-0.3, -0.25) is 0 Å². The molecule has 0 amide bonds. The second kappa shape index (κ2) is 3.11. The lowest BCUT2D eigenvalue weighted by atomic mass is 9.95. The predicted molar refractivity (Wildman–Crippen MR) is 51.1 cm³/mol. The third-order valence-electron chi connectivity index (χ3n) is 2.89. The number of fused-ring (bicyclic) bond motifs is 1. The summed E-state index contributed by atoms with van der Waals surface area (Å²) in [6.07, 6.45) is 1.84. The van der Waals surface area contributed by atoms with Gasteiger partial charge in [-0.1, -0.05) is 12.1 Å². The first-order valence-corrected chi connectivity index (χ1v) is 4.73. The van der Waals surface area contributed by atoms with Crippen molar-refractivity contribution >= 4 is 0 Å². The quantitative estimate of drug-likeness (QED) is 0.702. The summed E-state index contributed by atoms with van der Waals surface area (Å²) >= 11 is 0. The highest BCUT2D eigenvalue weighted by Crippen LogP contribution is 2.35. The lowest BCUT2D eigenvalue weighted by molar-refractivity contribution is 0.564. The highest BCUT2D eigenvalue weighted by atomic mass is 19.1. The molecule has 1 aliphatic carbocycles. The summed E-state index contributed by atoms with van der Waals surface area (Å²) in [4.78, 5) is 0. The Morgan fingerprint density at radius 3 is 3.00 bits per heavy atom. The molecule has 2 rings (SSSR count). The molecule has 0 heterocycles. The molecule has 1 aromatic carbocycles. The summed E-state index contributed by atoms with van der Waals surface area (Å²) in [5.41, 5.74) is 7.84. The van der Waals surface area contributed by atoms with Crippen molar-refractivity contribution in [3.63, 3.8) is 0 Å². The molecule has 0 saturated heterocycles. The topological polar surface area (TPSA) is 26.0 Å². The molecule has 70 valence electrons. The normalized spacial score (nSPS) is 22.8. The highest BCUT2D eigenvalue weighted by Gasteiger charge is 2.26. The van der Waals surface area contributed by atoms with E-state index in [0.29, 0.717) is 5.92 Å². The lowest BCUT2D eigenvalue weighted by Crippen LogP contribution is -2.22. The zero-order chi connectivity index (χ0) is 9.42. The Kier molecular flexibility index (Phi) is 2.08. The van der Waals surface area contributed by atoms with E-state index < -0.39 is 0 Å². The van der Waals surface area contributed by atoms with Gasteiger partial charge in [-0.25, -0.2) is 4.39 Å². The Bertz CT molecular complexity index is 320. The zero-order valence-electron chi connectivity index (χ0n) is 7.76. The number of hydrogen-bond acceptors (Lipinski definition) is 1. The maximum Gasteiger partial charge on any atom is 0.126 e. The fraction of sp³-hybridized carbons (Fsp3) is 0.455. The highest BCUT2D eigenvalue weighted by molar-refractivity contribution is 5.36. The average molecular weight is 179 g/mol. The molecule has 2 unspecified atom stereocenters. The van der Waals surface area contributed by atoms with Gasteiger partial charge < -0.3 is 5.73 Å². The average Bonchev–Trinajstić information content (AvgIpc) is 2.48. The molecule has 2 N–H and O–H groups in total. The fourth-order valence-electron chi connectivity index (χ4n) is 2.19. The Balaban J connectivity index is 2.43. The van der Waals surface area contributed by atoms with Gasteiger partial charge in [0.25, 0.3) is 0 Å². The van der Waals surface area contributed by atoms with Crippen LogP contribution in [0.1, 0.15) is 30.4 Å². The summed E-state index contributed by atoms with van der Waals surface area (Å²) in [5.74, 6) is 0.284. The molecule has 0 aliphatic heterocycles. The number of halogens is 1. The number of nitrogens with two attached hydrogens (primary N) is 1. The maximum absolute atomic E-state index is 13.3. The van der Waals surface area contributed by atoms with E-state index >= 15 is 0 Å². The van der Waals surface area contributed by atoms with Gasteiger partial charge >= 0.3 is 0 Å². The summed E-state index contributed by atoms with van der Waals surface area (Å²) in [7, 11) is 0. The maximum atomic E-state index is 13.3. The van der Waals surface area contributed by atoms with Crippen molar-refractivity contribution in [3.8, 4) is 0 Å². The fourth-order valence-corrected chi connectivity index (χ4v) is 2.19. The molecule has 13 heavy (non-hydrogen) atoms. The molecular weight excluding hydrogens is 165 g/mol. The van der Waals surface area contributed by atoms with E-state index in [1.54, 1.807) is 6.07 Å². The van der Waals surface area contributed by atoms with Crippen LogP contribution < -0.4 is 5.73 Å². The number of benzene rings is 1. The standard InChI is InChI=1S/C11H14FN/c1-7(13)8-5-6-10-9(8)3-2-4-11(10)12/h2-4,7-8H,5-6,13H2,1H3. The molecule has 0 aromatic heterocycles. The van der Waals surface area contributed by atoms with E-state index in [4.69, 9.17) is 5.73 Å². The minimum atomic E-state index is -0.0688. The first-order chi connectivity index (χ1) is 6.20. The van der Waals surface area contributed by atoms with Crippen LogP contribution in [-0.4, -0.2) is 6.04 Å². The van der Waals surface area contributed by atoms with Crippen LogP contribution in [0.3, 0.4) is 0 Å². The number of rotatable bonds is 1. The van der Waals surface area contributed by atoms with Gasteiger partial charge in [-0.2, -0.15) is 0 Å². The van der Waals surface area contributed by atoms with E-state index in [2.05, 4.69) is 0 Å². The van der Waals surface area contributed by atoms with Gasteiger partial charge in [0, 0.05) is 6.04 Å². The molecule has 0 bridgehead atoms. The third kappa shape index (κ3) is 1.35. The Labute approximate surface area is 77.8 Å². The summed E-state index contributed by atoms with van der Waals surface area (Å²) in [5, 5.41) is 0. The van der Waals surface area contributed by atoms with Crippen molar-refractivity contribution in [1.29, 1.82) is 0 Å². The van der Waals surface area contributed by atoms with E-state index in [1.165, 1.54) is 6.07 Å². The van der Waals surface area contributed by atoms with Gasteiger partial charge in [0.15, 0.2) is 0 Å². The molecule has 1 aliphatic rings. The molecule has 0 fully saturated rings. The first kappa shape index (κ1) is 8.70. The lowest BCUT2D eigenvalue weighted by Gasteiger charge is -2.15. The molecule has 2 heteroatoms. The minimum absolute atomic E-state index is 0.0688. The Morgan fingerprint density at radius 1 is 1.54 bits per heavy atom. The molecule has 1 nitrogen and oxygen atoms in total. The van der Waals surface area contributed by atoms with E-state index in [0.717, 1.165) is 24.0 Å². The van der Waals surface area contributed by atoms with Crippen LogP contribution >= 0.6 is 0 Å². The Morgan fingerprint density at radius 2 is 2.31 bits per heavy atom. The van der Waals surface area contributed by atoms with Crippen LogP contribution in [0.4, 0.5) is 4.39 Å². The smallest absolute Gasteiger partial charge is 0.126 e. The van der Waals surface area contributed by atoms with Gasteiger partial charge in [0.2, 0.25) is 0 Å². The van der Waals surface area contributed by atoms with Crippen molar-refractivity contribution in [2.24, 2.45) is 5.73 Å². The Hall–Kier alpha value is -0.890. The first-order valence-electron chi connectivity index (χ1n) is 4.73. The van der Waals surface area contributed by atoms with Crippen LogP contribution in [0.2, 0.25) is 0 Å². The molecule has 1 aromatic rings. The zero-order valence-corrected chi connectivity index (χ0v) is 7.76. The monoisotopic (exact) mass is 179 g/mol. The largest absolute Gasteiger partial charge is 0.327 e. The van der Waals surface area contributed by atoms with Crippen molar-refractivity contribution in [2.75, 3.05) is 0 Å². The van der Waals surface area contributed by atoms with Crippen molar-refractivity contribution in [3.05, 3.63) is 35.1 Å². The molecule has 0 saturated carbocycles. The summed E-state index contributed by atoms with van der Waals surface area (Å²) in [6.45, 7) is 1.99. The van der Waals surface area contributed by atoms with Crippen LogP contribution in [0.15, 0.2) is 18.2 Å². The predicted octanol–water partition coefficient (Wildman–Crippen LogP) is 2.20. The SMILES string of the molecule is CC(N)C1CCc2c(F)cccc21. The van der Waals surface area contributed by atoms with Crippen molar-refractivity contribution in [1.82, 2.24) is 0 Å². The van der Waals surface area contributed by atoms with Crippen LogP contribution in [-0.2, 0) is 6.42 Å². The van der Waals surface area contributed by atoms with E-state index in [-0.39, 0.29) is 11.9 Å². The van der Waals surface area contributed by atoms with E-state index in [9.17, 15) is 4.39 Å². The summed E-state index contributed by atoms with van der Waals surface area (Å²) in [6, 6.07) is 5.43. The second-order valence-corrected chi connectivity index (χ2v) is 3.81. The van der Waals surface area contributed by atoms with Crippen LogP contribution in [0.5, 0.6) is 0 Å². The van der Waals surface area contributed by atoms with Crippen LogP contribution in [0, 0.1) is 5.82 Å². The molecule has 0 spiro atoms. The molecule has 0 radical (unpaired) electrons. The van der Waals surface area contributed by atoms with Gasteiger partial charge in [-0.15, -0.1) is 0 Å². The number of hydrogen-bond donors (Lipinski definition) is 1. The van der Waals surface area contributed by atoms with Gasteiger partial charge in [0.1, 0.15) is 5.82 Å². The van der Waals surface area contributed by atoms with E-state index in [1.807, 2.05) is 13.0 Å². The van der Waals surface area contributed by atoms with Gasteiger partial charge in [-0.05, 0) is 42.9 Å². The molecular formula is C11H14FN. The van der Waals surface area contributed by atoms with Crippen LogP contribution in [0.25, 0.3) is 0 Å². The van der Waals surface area contributed by atoms with Gasteiger partial charge in [0.05, 0.1) is 0 Å². The minimum Gasteiger partial charge on any atom is -0.327 e. The molecule has 2 atom stereocenters. The third-order valence-corrected chi connectivity index (χ3v) is 2.89. The summed E-state index contributed by atoms with van der Waals surface area (Å²) < 4.78 is 13.3.